The lowest BCUT2D eigenvalue weighted by molar-refractivity contribution is -0.140. The van der Waals surface area contributed by atoms with E-state index in [0.29, 0.717) is 18.3 Å². The number of hydrogen-bond acceptors (Lipinski definition) is 2. The van der Waals surface area contributed by atoms with Gasteiger partial charge in [0.2, 0.25) is 0 Å². The minimum absolute atomic E-state index is 0.193. The van der Waals surface area contributed by atoms with Crippen LogP contribution in [0, 0.1) is 5.82 Å². The van der Waals surface area contributed by atoms with Gasteiger partial charge >= 0.3 is 12.4 Å². The molecular formula is C14H6F7N3. The zero-order chi connectivity index (χ0) is 17.7. The highest BCUT2D eigenvalue weighted by molar-refractivity contribution is 5.78. The van der Waals surface area contributed by atoms with Crippen molar-refractivity contribution in [2.45, 2.75) is 12.4 Å². The van der Waals surface area contributed by atoms with Gasteiger partial charge in [0, 0.05) is 17.3 Å². The Bertz CT molecular complexity index is 909. The number of aromatic nitrogens is 3. The Balaban J connectivity index is 2.33. The summed E-state index contributed by atoms with van der Waals surface area (Å²) >= 11 is 0. The molecule has 10 heteroatoms. The van der Waals surface area contributed by atoms with Crippen molar-refractivity contribution in [2.75, 3.05) is 0 Å². The maximum Gasteiger partial charge on any atom is 0.419 e. The van der Waals surface area contributed by atoms with E-state index in [1.165, 1.54) is 0 Å². The topological polar surface area (TPSA) is 30.2 Å². The van der Waals surface area contributed by atoms with Gasteiger partial charge in [0.15, 0.2) is 5.65 Å². The Kier molecular flexibility index (Phi) is 3.50. The first-order valence-corrected chi connectivity index (χ1v) is 6.35. The lowest BCUT2D eigenvalue weighted by atomic mass is 10.0. The van der Waals surface area contributed by atoms with Gasteiger partial charge in [-0.15, -0.1) is 0 Å². The first-order valence-electron chi connectivity index (χ1n) is 6.35. The average molecular weight is 349 g/mol. The van der Waals surface area contributed by atoms with Gasteiger partial charge in [-0.1, -0.05) is 12.1 Å². The van der Waals surface area contributed by atoms with E-state index < -0.39 is 40.4 Å². The molecule has 0 saturated heterocycles. The second kappa shape index (κ2) is 5.18. The van der Waals surface area contributed by atoms with E-state index in [2.05, 4.69) is 10.1 Å². The molecular weight excluding hydrogens is 343 g/mol. The van der Waals surface area contributed by atoms with E-state index in [1.54, 1.807) is 0 Å². The molecule has 126 valence electrons. The Labute approximate surface area is 129 Å². The van der Waals surface area contributed by atoms with Crippen LogP contribution in [0.4, 0.5) is 30.7 Å². The van der Waals surface area contributed by atoms with Crippen LogP contribution in [0.2, 0.25) is 0 Å². The van der Waals surface area contributed by atoms with Crippen molar-refractivity contribution in [3.8, 4) is 11.1 Å². The molecule has 0 bridgehead atoms. The number of alkyl halides is 6. The molecule has 0 radical (unpaired) electrons. The van der Waals surface area contributed by atoms with Crippen LogP contribution in [0.1, 0.15) is 11.1 Å². The Morgan fingerprint density at radius 2 is 1.62 bits per heavy atom. The largest absolute Gasteiger partial charge is 0.419 e. The van der Waals surface area contributed by atoms with E-state index in [1.807, 2.05) is 0 Å². The number of halogens is 7. The third-order valence-electron chi connectivity index (χ3n) is 3.30. The molecule has 24 heavy (non-hydrogen) atoms. The lowest BCUT2D eigenvalue weighted by Crippen LogP contribution is -2.10. The van der Waals surface area contributed by atoms with Crippen LogP contribution in [0.15, 0.2) is 36.8 Å². The van der Waals surface area contributed by atoms with Crippen molar-refractivity contribution >= 4 is 5.65 Å². The molecule has 0 fully saturated rings. The summed E-state index contributed by atoms with van der Waals surface area (Å²) < 4.78 is 92.3. The Morgan fingerprint density at radius 1 is 0.917 bits per heavy atom. The number of hydrogen-bond donors (Lipinski definition) is 0. The van der Waals surface area contributed by atoms with Gasteiger partial charge in [-0.2, -0.15) is 31.4 Å². The highest BCUT2D eigenvalue weighted by atomic mass is 19.4. The maximum atomic E-state index is 14.3. The van der Waals surface area contributed by atoms with Crippen LogP contribution in [0.3, 0.4) is 0 Å². The highest BCUT2D eigenvalue weighted by Crippen LogP contribution is 2.38. The molecule has 0 atom stereocenters. The second-order valence-corrected chi connectivity index (χ2v) is 4.83. The minimum Gasteiger partial charge on any atom is -0.220 e. The average Bonchev–Trinajstić information content (AvgIpc) is 2.92. The van der Waals surface area contributed by atoms with E-state index in [0.717, 1.165) is 23.0 Å². The maximum absolute atomic E-state index is 14.3. The van der Waals surface area contributed by atoms with E-state index in [-0.39, 0.29) is 5.65 Å². The standard InChI is InChI=1S/C14H6F7N3/c15-11-8(2-1-3-10(11)14(19,20)21)9-4-7(13(16,17)18)5-24-12(9)22-6-23-24/h1-6H. The Morgan fingerprint density at radius 3 is 2.25 bits per heavy atom. The van der Waals surface area contributed by atoms with Gasteiger partial charge in [0.1, 0.15) is 12.1 Å². The predicted octanol–water partition coefficient (Wildman–Crippen LogP) is 4.57. The molecule has 3 aromatic rings. The summed E-state index contributed by atoms with van der Waals surface area (Å²) in [5.41, 5.74) is -4.04. The smallest absolute Gasteiger partial charge is 0.220 e. The fraction of sp³-hybridized carbons (Fsp3) is 0.143. The number of rotatable bonds is 1. The van der Waals surface area contributed by atoms with Crippen molar-refractivity contribution in [3.05, 3.63) is 53.7 Å². The van der Waals surface area contributed by atoms with Gasteiger partial charge in [-0.25, -0.2) is 13.9 Å². The van der Waals surface area contributed by atoms with Gasteiger partial charge < -0.3 is 0 Å². The van der Waals surface area contributed by atoms with E-state index in [9.17, 15) is 30.7 Å². The van der Waals surface area contributed by atoms with Crippen LogP contribution in [0.25, 0.3) is 16.8 Å². The molecule has 3 nitrogen and oxygen atoms in total. The number of nitrogens with zero attached hydrogens (tertiary/aromatic N) is 3. The molecule has 0 spiro atoms. The Hall–Kier alpha value is -2.65. The third kappa shape index (κ3) is 2.68. The van der Waals surface area contributed by atoms with Gasteiger partial charge in [-0.3, -0.25) is 0 Å². The van der Waals surface area contributed by atoms with Crippen LogP contribution >= 0.6 is 0 Å². The van der Waals surface area contributed by atoms with Gasteiger partial charge in [0.25, 0.3) is 0 Å². The molecule has 0 unspecified atom stereocenters. The lowest BCUT2D eigenvalue weighted by Gasteiger charge is -2.13. The van der Waals surface area contributed by atoms with Crippen molar-refractivity contribution < 1.29 is 30.7 Å². The zero-order valence-corrected chi connectivity index (χ0v) is 11.5. The molecule has 0 saturated carbocycles. The highest BCUT2D eigenvalue weighted by Gasteiger charge is 2.36. The van der Waals surface area contributed by atoms with E-state index >= 15 is 0 Å². The summed E-state index contributed by atoms with van der Waals surface area (Å²) in [6.07, 6.45) is -8.22. The van der Waals surface area contributed by atoms with Gasteiger partial charge in [0.05, 0.1) is 11.1 Å². The molecule has 2 heterocycles. The second-order valence-electron chi connectivity index (χ2n) is 4.83. The van der Waals surface area contributed by atoms with Crippen LogP contribution < -0.4 is 0 Å². The predicted molar refractivity (Wildman–Crippen MR) is 68.4 cm³/mol. The monoisotopic (exact) mass is 349 g/mol. The molecule has 0 N–H and O–H groups in total. The number of benzene rings is 1. The summed E-state index contributed by atoms with van der Waals surface area (Å²) in [5, 5.41) is 3.54. The third-order valence-corrected chi connectivity index (χ3v) is 3.30. The van der Waals surface area contributed by atoms with Crippen molar-refractivity contribution in [1.29, 1.82) is 0 Å². The molecule has 3 rings (SSSR count). The van der Waals surface area contributed by atoms with Crippen molar-refractivity contribution in [3.63, 3.8) is 0 Å². The fourth-order valence-corrected chi connectivity index (χ4v) is 2.24. The normalized spacial score (nSPS) is 12.8. The van der Waals surface area contributed by atoms with Gasteiger partial charge in [-0.05, 0) is 12.1 Å². The van der Waals surface area contributed by atoms with Crippen LogP contribution in [0.5, 0.6) is 0 Å². The summed E-state index contributed by atoms with van der Waals surface area (Å²) in [7, 11) is 0. The molecule has 0 aliphatic rings. The number of fused-ring (bicyclic) bond motifs is 1. The quantitative estimate of drug-likeness (QED) is 0.603. The van der Waals surface area contributed by atoms with Crippen LogP contribution in [-0.2, 0) is 12.4 Å². The van der Waals surface area contributed by atoms with E-state index in [4.69, 9.17) is 0 Å². The summed E-state index contributed by atoms with van der Waals surface area (Å²) in [4.78, 5) is 3.69. The molecule has 0 aliphatic heterocycles. The van der Waals surface area contributed by atoms with Crippen molar-refractivity contribution in [2.24, 2.45) is 0 Å². The summed E-state index contributed by atoms with van der Waals surface area (Å²) in [6.45, 7) is 0. The summed E-state index contributed by atoms with van der Waals surface area (Å²) in [5.74, 6) is -1.67. The molecule has 0 amide bonds. The molecule has 0 aliphatic carbocycles. The molecule has 2 aromatic heterocycles. The van der Waals surface area contributed by atoms with Crippen molar-refractivity contribution in [1.82, 2.24) is 14.6 Å². The number of pyridine rings is 1. The van der Waals surface area contributed by atoms with Crippen LogP contribution in [-0.4, -0.2) is 14.6 Å². The first-order chi connectivity index (χ1) is 11.1. The summed E-state index contributed by atoms with van der Waals surface area (Å²) in [6, 6.07) is 2.92. The fourth-order valence-electron chi connectivity index (χ4n) is 2.24. The zero-order valence-electron chi connectivity index (χ0n) is 11.5. The first kappa shape index (κ1) is 16.2. The molecule has 1 aromatic carbocycles. The SMILES string of the molecule is Fc1c(-c2cc(C(F)(F)F)cn3ncnc23)cccc1C(F)(F)F. The minimum atomic E-state index is -4.98.